The van der Waals surface area contributed by atoms with Crippen molar-refractivity contribution in [3.63, 3.8) is 0 Å². The smallest absolute Gasteiger partial charge is 0.224 e. The molecule has 24 heavy (non-hydrogen) atoms. The molecule has 0 radical (unpaired) electrons. The fourth-order valence-corrected chi connectivity index (χ4v) is 2.51. The Morgan fingerprint density at radius 2 is 1.79 bits per heavy atom. The van der Waals surface area contributed by atoms with Gasteiger partial charge in [-0.05, 0) is 36.2 Å². The van der Waals surface area contributed by atoms with Gasteiger partial charge in [0, 0.05) is 0 Å². The van der Waals surface area contributed by atoms with Crippen LogP contribution in [0, 0.1) is 11.6 Å². The summed E-state index contributed by atoms with van der Waals surface area (Å²) < 4.78 is 27.6. The van der Waals surface area contributed by atoms with E-state index in [1.165, 1.54) is 18.2 Å². The first-order chi connectivity index (χ1) is 11.4. The number of hydrogen-bond acceptors (Lipinski definition) is 3. The Balaban J connectivity index is 2.09. The van der Waals surface area contributed by atoms with Crippen LogP contribution in [0.1, 0.15) is 30.6 Å². The highest BCUT2D eigenvalue weighted by Crippen LogP contribution is 2.25. The predicted molar refractivity (Wildman–Crippen MR) is 85.4 cm³/mol. The Morgan fingerprint density at radius 3 is 2.38 bits per heavy atom. The van der Waals surface area contributed by atoms with Gasteiger partial charge in [0.25, 0.3) is 0 Å². The highest BCUT2D eigenvalue weighted by molar-refractivity contribution is 5.79. The van der Waals surface area contributed by atoms with E-state index in [0.29, 0.717) is 12.0 Å². The number of phenolic OH excluding ortho intramolecular Hbond substituents is 1. The quantitative estimate of drug-likeness (QED) is 0.760. The normalized spacial score (nSPS) is 13.3. The van der Waals surface area contributed by atoms with Gasteiger partial charge < -0.3 is 15.5 Å². The zero-order valence-electron chi connectivity index (χ0n) is 13.2. The third kappa shape index (κ3) is 4.29. The van der Waals surface area contributed by atoms with Gasteiger partial charge in [-0.3, -0.25) is 4.79 Å². The van der Waals surface area contributed by atoms with Crippen LogP contribution in [0.3, 0.4) is 0 Å². The predicted octanol–water partition coefficient (Wildman–Crippen LogP) is 2.84. The van der Waals surface area contributed by atoms with Crippen molar-refractivity contribution in [2.24, 2.45) is 0 Å². The largest absolute Gasteiger partial charge is 0.508 e. The summed E-state index contributed by atoms with van der Waals surface area (Å²) >= 11 is 0. The number of phenols is 1. The number of carbonyl (C=O) groups excluding carboxylic acids is 1. The standard InChI is InChI=1S/C18H19F2NO3/c1-2-15(18(24)17-13(19)7-4-8-14(17)20)21-16(23)10-11-5-3-6-12(22)9-11/h3-9,15,18,22,24H,2,10H2,1H3,(H,21,23)/t15-,18+/m1/s1. The lowest BCUT2D eigenvalue weighted by molar-refractivity contribution is -0.122. The molecule has 3 N–H and O–H groups in total. The lowest BCUT2D eigenvalue weighted by atomic mass is 9.98. The van der Waals surface area contributed by atoms with Crippen molar-refractivity contribution in [3.05, 3.63) is 65.2 Å². The minimum absolute atomic E-state index is 0.0165. The molecule has 128 valence electrons. The van der Waals surface area contributed by atoms with Gasteiger partial charge in [-0.2, -0.15) is 0 Å². The van der Waals surface area contributed by atoms with E-state index >= 15 is 0 Å². The topological polar surface area (TPSA) is 69.6 Å². The van der Waals surface area contributed by atoms with Crippen molar-refractivity contribution in [1.29, 1.82) is 0 Å². The van der Waals surface area contributed by atoms with E-state index in [-0.39, 0.29) is 12.2 Å². The molecule has 0 heterocycles. The van der Waals surface area contributed by atoms with Crippen molar-refractivity contribution in [1.82, 2.24) is 5.32 Å². The molecule has 0 aromatic heterocycles. The van der Waals surface area contributed by atoms with E-state index < -0.39 is 35.3 Å². The lowest BCUT2D eigenvalue weighted by Gasteiger charge is -2.24. The van der Waals surface area contributed by atoms with Crippen molar-refractivity contribution >= 4 is 5.91 Å². The number of nitrogens with one attached hydrogen (secondary N) is 1. The summed E-state index contributed by atoms with van der Waals surface area (Å²) in [5, 5.41) is 22.2. The molecule has 0 saturated heterocycles. The lowest BCUT2D eigenvalue weighted by Crippen LogP contribution is -2.40. The van der Waals surface area contributed by atoms with Crippen molar-refractivity contribution in [2.75, 3.05) is 0 Å². The molecule has 2 aromatic carbocycles. The minimum Gasteiger partial charge on any atom is -0.508 e. The minimum atomic E-state index is -1.50. The second kappa shape index (κ2) is 7.88. The third-order valence-electron chi connectivity index (χ3n) is 3.74. The number of rotatable bonds is 6. The molecule has 0 aliphatic rings. The summed E-state index contributed by atoms with van der Waals surface area (Å²) in [6, 6.07) is 8.72. The summed E-state index contributed by atoms with van der Waals surface area (Å²) in [6.07, 6.45) is -1.22. The maximum Gasteiger partial charge on any atom is 0.224 e. The first-order valence-corrected chi connectivity index (χ1v) is 7.61. The number of aliphatic hydroxyl groups is 1. The summed E-state index contributed by atoms with van der Waals surface area (Å²) in [5.74, 6) is -2.09. The zero-order valence-corrected chi connectivity index (χ0v) is 13.2. The number of amides is 1. The van der Waals surface area contributed by atoms with Crippen LogP contribution in [0.2, 0.25) is 0 Å². The molecule has 0 saturated carbocycles. The van der Waals surface area contributed by atoms with Crippen molar-refractivity contribution in [3.8, 4) is 5.75 Å². The molecule has 0 bridgehead atoms. The van der Waals surface area contributed by atoms with Crippen LogP contribution in [-0.4, -0.2) is 22.2 Å². The average Bonchev–Trinajstić information content (AvgIpc) is 2.52. The van der Waals surface area contributed by atoms with Gasteiger partial charge in [0.15, 0.2) is 0 Å². The van der Waals surface area contributed by atoms with E-state index in [1.54, 1.807) is 19.1 Å². The fraction of sp³-hybridized carbons (Fsp3) is 0.278. The van der Waals surface area contributed by atoms with Gasteiger partial charge in [0.2, 0.25) is 5.91 Å². The van der Waals surface area contributed by atoms with E-state index in [9.17, 15) is 23.8 Å². The van der Waals surface area contributed by atoms with E-state index in [4.69, 9.17) is 0 Å². The van der Waals surface area contributed by atoms with Crippen LogP contribution < -0.4 is 5.32 Å². The molecule has 2 atom stereocenters. The Hall–Kier alpha value is -2.47. The van der Waals surface area contributed by atoms with Crippen molar-refractivity contribution in [2.45, 2.75) is 31.9 Å². The monoisotopic (exact) mass is 335 g/mol. The fourth-order valence-electron chi connectivity index (χ4n) is 2.51. The molecule has 0 unspecified atom stereocenters. The van der Waals surface area contributed by atoms with Crippen LogP contribution in [0.5, 0.6) is 5.75 Å². The maximum absolute atomic E-state index is 13.8. The highest BCUT2D eigenvalue weighted by Gasteiger charge is 2.26. The molecular formula is C18H19F2NO3. The molecule has 6 heteroatoms. The molecular weight excluding hydrogens is 316 g/mol. The Morgan fingerprint density at radius 1 is 1.17 bits per heavy atom. The van der Waals surface area contributed by atoms with Gasteiger partial charge >= 0.3 is 0 Å². The van der Waals surface area contributed by atoms with Gasteiger partial charge in [-0.1, -0.05) is 25.1 Å². The summed E-state index contributed by atoms with van der Waals surface area (Å²) in [5.41, 5.74) is 0.135. The second-order valence-corrected chi connectivity index (χ2v) is 5.51. The molecule has 1 amide bonds. The second-order valence-electron chi connectivity index (χ2n) is 5.51. The summed E-state index contributed by atoms with van der Waals surface area (Å²) in [7, 11) is 0. The Bertz CT molecular complexity index is 701. The number of aliphatic hydroxyl groups excluding tert-OH is 1. The summed E-state index contributed by atoms with van der Waals surface area (Å²) in [4.78, 5) is 12.1. The van der Waals surface area contributed by atoms with Gasteiger partial charge in [0.1, 0.15) is 23.5 Å². The number of carbonyl (C=O) groups is 1. The molecule has 0 fully saturated rings. The number of benzene rings is 2. The van der Waals surface area contributed by atoms with Crippen LogP contribution in [0.25, 0.3) is 0 Å². The maximum atomic E-state index is 13.8. The Labute approximate surface area is 138 Å². The van der Waals surface area contributed by atoms with E-state index in [0.717, 1.165) is 12.1 Å². The first kappa shape index (κ1) is 17.9. The summed E-state index contributed by atoms with van der Waals surface area (Å²) in [6.45, 7) is 1.70. The van der Waals surface area contributed by atoms with Gasteiger partial charge in [-0.25, -0.2) is 8.78 Å². The number of hydrogen-bond donors (Lipinski definition) is 3. The highest BCUT2D eigenvalue weighted by atomic mass is 19.1. The van der Waals surface area contributed by atoms with Gasteiger partial charge in [-0.15, -0.1) is 0 Å². The number of aromatic hydroxyl groups is 1. The first-order valence-electron chi connectivity index (χ1n) is 7.61. The molecule has 2 aromatic rings. The average molecular weight is 335 g/mol. The molecule has 4 nitrogen and oxygen atoms in total. The van der Waals surface area contributed by atoms with Crippen LogP contribution in [-0.2, 0) is 11.2 Å². The molecule has 2 rings (SSSR count). The van der Waals surface area contributed by atoms with E-state index in [1.807, 2.05) is 0 Å². The van der Waals surface area contributed by atoms with Gasteiger partial charge in [0.05, 0.1) is 18.0 Å². The zero-order chi connectivity index (χ0) is 17.7. The van der Waals surface area contributed by atoms with Crippen LogP contribution in [0.15, 0.2) is 42.5 Å². The SMILES string of the molecule is CC[C@@H](NC(=O)Cc1cccc(O)c1)[C@H](O)c1c(F)cccc1F. The van der Waals surface area contributed by atoms with Crippen molar-refractivity contribution < 1.29 is 23.8 Å². The Kier molecular flexibility index (Phi) is 5.87. The van der Waals surface area contributed by atoms with Crippen LogP contribution >= 0.6 is 0 Å². The van der Waals surface area contributed by atoms with E-state index in [2.05, 4.69) is 5.32 Å². The third-order valence-corrected chi connectivity index (χ3v) is 3.74. The number of halogens is 2. The molecule has 0 aliphatic heterocycles. The molecule has 0 aliphatic carbocycles. The molecule has 0 spiro atoms. The van der Waals surface area contributed by atoms with Crippen LogP contribution in [0.4, 0.5) is 8.78 Å².